The van der Waals surface area contributed by atoms with Crippen molar-refractivity contribution in [2.24, 2.45) is 0 Å². The summed E-state index contributed by atoms with van der Waals surface area (Å²) in [5, 5.41) is 3.84. The molecule has 1 N–H and O–H groups in total. The molecule has 5 nitrogen and oxygen atoms in total. The average molecular weight is 393 g/mol. The Hall–Kier alpha value is -3.08. The molecule has 3 rings (SSSR count). The summed E-state index contributed by atoms with van der Waals surface area (Å²) < 4.78 is 11.2. The Morgan fingerprint density at radius 1 is 1.10 bits per heavy atom. The van der Waals surface area contributed by atoms with E-state index in [1.165, 1.54) is 6.07 Å². The van der Waals surface area contributed by atoms with Crippen LogP contribution in [0.15, 0.2) is 57.7 Å². The van der Waals surface area contributed by atoms with Crippen LogP contribution < -0.4 is 15.7 Å². The van der Waals surface area contributed by atoms with E-state index in [4.69, 9.17) is 9.15 Å². The second kappa shape index (κ2) is 8.95. The lowest BCUT2D eigenvalue weighted by Crippen LogP contribution is -2.30. The fraction of sp³-hybridized carbons (Fsp3) is 0.333. The highest BCUT2D eigenvalue weighted by Crippen LogP contribution is 2.26. The molecule has 0 aliphatic rings. The molecule has 152 valence electrons. The summed E-state index contributed by atoms with van der Waals surface area (Å²) in [6.07, 6.45) is 1.03. The fourth-order valence-corrected chi connectivity index (χ4v) is 3.37. The van der Waals surface area contributed by atoms with E-state index in [0.717, 1.165) is 35.0 Å². The molecule has 1 atom stereocenters. The van der Waals surface area contributed by atoms with Gasteiger partial charge >= 0.3 is 5.63 Å². The molecule has 29 heavy (non-hydrogen) atoms. The van der Waals surface area contributed by atoms with Crippen LogP contribution in [-0.4, -0.2) is 12.0 Å². The van der Waals surface area contributed by atoms with Crippen molar-refractivity contribution in [2.75, 3.05) is 5.32 Å². The number of aryl methyl sites for hydroxylation is 1. The maximum atomic E-state index is 12.6. The van der Waals surface area contributed by atoms with Gasteiger partial charge in [0.2, 0.25) is 0 Å². The van der Waals surface area contributed by atoms with Gasteiger partial charge in [0.05, 0.1) is 0 Å². The van der Waals surface area contributed by atoms with E-state index in [1.807, 2.05) is 30.3 Å². The molecule has 0 bridgehead atoms. The number of carbonyl (C=O) groups is 1. The highest BCUT2D eigenvalue weighted by Gasteiger charge is 2.17. The standard InChI is InChI=1S/C24H27NO4/c1-5-8-17-13-23(26)29-22-14-18(11-12-20(17)22)28-16(4)24(27)25-21-10-7-6-9-19(21)15(2)3/h6-7,9-16H,5,8H2,1-4H3,(H,25,27). The van der Waals surface area contributed by atoms with Crippen LogP contribution in [0.1, 0.15) is 51.2 Å². The first-order valence-electron chi connectivity index (χ1n) is 10.0. The molecular formula is C24H27NO4. The number of para-hydroxylation sites is 1. The number of carbonyl (C=O) groups excluding carboxylic acids is 1. The van der Waals surface area contributed by atoms with Gasteiger partial charge in [0.15, 0.2) is 6.10 Å². The highest BCUT2D eigenvalue weighted by atomic mass is 16.5. The van der Waals surface area contributed by atoms with Crippen LogP contribution in [-0.2, 0) is 11.2 Å². The van der Waals surface area contributed by atoms with Gasteiger partial charge in [-0.3, -0.25) is 4.79 Å². The third-order valence-electron chi connectivity index (χ3n) is 4.84. The van der Waals surface area contributed by atoms with Crippen LogP contribution in [0.5, 0.6) is 5.75 Å². The number of hydrogen-bond donors (Lipinski definition) is 1. The number of rotatable bonds is 7. The van der Waals surface area contributed by atoms with Crippen molar-refractivity contribution in [3.63, 3.8) is 0 Å². The summed E-state index contributed by atoms with van der Waals surface area (Å²) in [4.78, 5) is 24.5. The normalized spacial score (nSPS) is 12.2. The van der Waals surface area contributed by atoms with E-state index in [9.17, 15) is 9.59 Å². The molecular weight excluding hydrogens is 366 g/mol. The molecule has 0 radical (unpaired) electrons. The first kappa shape index (κ1) is 20.6. The first-order valence-corrected chi connectivity index (χ1v) is 10.0. The zero-order valence-corrected chi connectivity index (χ0v) is 17.3. The molecule has 1 unspecified atom stereocenters. The minimum Gasteiger partial charge on any atom is -0.481 e. The van der Waals surface area contributed by atoms with Gasteiger partial charge in [-0.1, -0.05) is 45.4 Å². The molecule has 1 heterocycles. The van der Waals surface area contributed by atoms with Gasteiger partial charge in [0.1, 0.15) is 11.3 Å². The van der Waals surface area contributed by atoms with Crippen LogP contribution >= 0.6 is 0 Å². The zero-order valence-electron chi connectivity index (χ0n) is 17.3. The summed E-state index contributed by atoms with van der Waals surface area (Å²) in [6.45, 7) is 7.93. The monoisotopic (exact) mass is 393 g/mol. The third kappa shape index (κ3) is 4.86. The molecule has 1 aromatic heterocycles. The van der Waals surface area contributed by atoms with Crippen molar-refractivity contribution in [1.29, 1.82) is 0 Å². The SMILES string of the molecule is CCCc1cc(=O)oc2cc(OC(C)C(=O)Nc3ccccc3C(C)C)ccc12. The molecule has 3 aromatic rings. The Balaban J connectivity index is 1.78. The maximum absolute atomic E-state index is 12.6. The van der Waals surface area contributed by atoms with Gasteiger partial charge in [0, 0.05) is 23.2 Å². The van der Waals surface area contributed by atoms with E-state index in [-0.39, 0.29) is 11.5 Å². The number of benzene rings is 2. The molecule has 1 amide bonds. The summed E-state index contributed by atoms with van der Waals surface area (Å²) in [5.41, 5.74) is 2.91. The highest BCUT2D eigenvalue weighted by molar-refractivity contribution is 5.95. The van der Waals surface area contributed by atoms with Crippen LogP contribution in [0.25, 0.3) is 11.0 Å². The van der Waals surface area contributed by atoms with Gasteiger partial charge in [0.25, 0.3) is 5.91 Å². The van der Waals surface area contributed by atoms with Gasteiger partial charge in [-0.25, -0.2) is 4.79 Å². The molecule has 0 spiro atoms. The van der Waals surface area contributed by atoms with Crippen molar-refractivity contribution in [3.05, 3.63) is 70.1 Å². The number of hydrogen-bond acceptors (Lipinski definition) is 4. The Morgan fingerprint density at radius 2 is 1.86 bits per heavy atom. The van der Waals surface area contributed by atoms with E-state index < -0.39 is 6.10 Å². The Kier molecular flexibility index (Phi) is 6.37. The lowest BCUT2D eigenvalue weighted by molar-refractivity contribution is -0.122. The van der Waals surface area contributed by atoms with Crippen LogP contribution in [0.4, 0.5) is 5.69 Å². The zero-order chi connectivity index (χ0) is 21.0. The van der Waals surface area contributed by atoms with Crippen LogP contribution in [0.3, 0.4) is 0 Å². The number of fused-ring (bicyclic) bond motifs is 1. The molecule has 2 aromatic carbocycles. The van der Waals surface area contributed by atoms with Gasteiger partial charge in [-0.05, 0) is 48.6 Å². The lowest BCUT2D eigenvalue weighted by Gasteiger charge is -2.18. The number of nitrogens with one attached hydrogen (secondary N) is 1. The van der Waals surface area contributed by atoms with Crippen molar-refractivity contribution in [1.82, 2.24) is 0 Å². The number of amides is 1. The summed E-state index contributed by atoms with van der Waals surface area (Å²) in [5.74, 6) is 0.539. The van der Waals surface area contributed by atoms with Crippen molar-refractivity contribution >= 4 is 22.6 Å². The van der Waals surface area contributed by atoms with Crippen LogP contribution in [0, 0.1) is 0 Å². The predicted molar refractivity (Wildman–Crippen MR) is 116 cm³/mol. The van der Waals surface area contributed by atoms with Crippen molar-refractivity contribution < 1.29 is 13.9 Å². The van der Waals surface area contributed by atoms with E-state index in [1.54, 1.807) is 19.1 Å². The quantitative estimate of drug-likeness (QED) is 0.555. The minimum absolute atomic E-state index is 0.237. The Bertz CT molecular complexity index is 1070. The number of ether oxygens (including phenoxy) is 1. The Morgan fingerprint density at radius 3 is 2.59 bits per heavy atom. The third-order valence-corrected chi connectivity index (χ3v) is 4.84. The van der Waals surface area contributed by atoms with Crippen molar-refractivity contribution in [2.45, 2.75) is 52.6 Å². The second-order valence-corrected chi connectivity index (χ2v) is 7.49. The molecule has 0 aliphatic heterocycles. The minimum atomic E-state index is -0.710. The molecule has 0 fully saturated rings. The van der Waals surface area contributed by atoms with Gasteiger partial charge < -0.3 is 14.5 Å². The van der Waals surface area contributed by atoms with Gasteiger partial charge in [-0.15, -0.1) is 0 Å². The number of anilines is 1. The second-order valence-electron chi connectivity index (χ2n) is 7.49. The maximum Gasteiger partial charge on any atom is 0.336 e. The van der Waals surface area contributed by atoms with Crippen molar-refractivity contribution in [3.8, 4) is 5.75 Å². The lowest BCUT2D eigenvalue weighted by atomic mass is 10.0. The predicted octanol–water partition coefficient (Wildman–Crippen LogP) is 5.27. The first-order chi connectivity index (χ1) is 13.9. The summed E-state index contributed by atoms with van der Waals surface area (Å²) in [7, 11) is 0. The molecule has 0 saturated heterocycles. The topological polar surface area (TPSA) is 68.5 Å². The fourth-order valence-electron chi connectivity index (χ4n) is 3.37. The van der Waals surface area contributed by atoms with E-state index in [0.29, 0.717) is 17.3 Å². The smallest absolute Gasteiger partial charge is 0.336 e. The van der Waals surface area contributed by atoms with Crippen LogP contribution in [0.2, 0.25) is 0 Å². The molecule has 0 aliphatic carbocycles. The summed E-state index contributed by atoms with van der Waals surface area (Å²) >= 11 is 0. The van der Waals surface area contributed by atoms with E-state index >= 15 is 0 Å². The Labute approximate surface area is 170 Å². The molecule has 5 heteroatoms. The molecule has 0 saturated carbocycles. The van der Waals surface area contributed by atoms with Gasteiger partial charge in [-0.2, -0.15) is 0 Å². The summed E-state index contributed by atoms with van der Waals surface area (Å²) in [6, 6.07) is 14.6. The largest absolute Gasteiger partial charge is 0.481 e. The average Bonchev–Trinajstić information content (AvgIpc) is 2.68. The van der Waals surface area contributed by atoms with E-state index in [2.05, 4.69) is 26.1 Å².